The number of anilines is 2. The molecule has 1 saturated heterocycles. The molecular weight excluding hydrogens is 431 g/mol. The van der Waals surface area contributed by atoms with Crippen LogP contribution >= 0.6 is 0 Å². The van der Waals surface area contributed by atoms with E-state index in [1.165, 1.54) is 55.6 Å². The van der Waals surface area contributed by atoms with Crippen LogP contribution in [-0.4, -0.2) is 55.5 Å². The molecule has 9 nitrogen and oxygen atoms in total. The number of benzene rings is 2. The van der Waals surface area contributed by atoms with Crippen molar-refractivity contribution in [1.82, 2.24) is 10.2 Å². The van der Waals surface area contributed by atoms with Gasteiger partial charge in [0.15, 0.2) is 0 Å². The molecule has 0 unspecified atom stereocenters. The van der Waals surface area contributed by atoms with Gasteiger partial charge in [0.1, 0.15) is 5.82 Å². The van der Waals surface area contributed by atoms with Crippen LogP contribution in [0.1, 0.15) is 23.2 Å². The SMILES string of the molecule is COC(=O)c1ccc(NC(=O)C(=O)NCC2CCN(C(=O)Nc3ccc(F)cc3)CC2)cc1. The molecule has 2 aromatic carbocycles. The summed E-state index contributed by atoms with van der Waals surface area (Å²) in [5.74, 6) is -2.30. The highest BCUT2D eigenvalue weighted by atomic mass is 19.1. The van der Waals surface area contributed by atoms with E-state index in [9.17, 15) is 23.6 Å². The van der Waals surface area contributed by atoms with Crippen LogP contribution in [0.5, 0.6) is 0 Å². The molecule has 0 bridgehead atoms. The highest BCUT2D eigenvalue weighted by Gasteiger charge is 2.24. The minimum atomic E-state index is -0.808. The van der Waals surface area contributed by atoms with Crippen molar-refractivity contribution in [2.45, 2.75) is 12.8 Å². The first kappa shape index (κ1) is 23.7. The number of esters is 1. The number of carbonyl (C=O) groups excluding carboxylic acids is 4. The van der Waals surface area contributed by atoms with Gasteiger partial charge in [-0.3, -0.25) is 9.59 Å². The molecule has 1 heterocycles. The zero-order chi connectivity index (χ0) is 23.8. The van der Waals surface area contributed by atoms with Gasteiger partial charge in [-0.15, -0.1) is 0 Å². The van der Waals surface area contributed by atoms with Gasteiger partial charge in [-0.25, -0.2) is 14.0 Å². The molecule has 4 amide bonds. The first-order valence-electron chi connectivity index (χ1n) is 10.4. The first-order chi connectivity index (χ1) is 15.9. The lowest BCUT2D eigenvalue weighted by molar-refractivity contribution is -0.136. The summed E-state index contributed by atoms with van der Waals surface area (Å²) >= 11 is 0. The topological polar surface area (TPSA) is 117 Å². The third-order valence-corrected chi connectivity index (χ3v) is 5.32. The Labute approximate surface area is 190 Å². The second-order valence-electron chi connectivity index (χ2n) is 7.60. The molecule has 174 valence electrons. The summed E-state index contributed by atoms with van der Waals surface area (Å²) in [6.45, 7) is 1.33. The quantitative estimate of drug-likeness (QED) is 0.472. The molecule has 33 heavy (non-hydrogen) atoms. The zero-order valence-corrected chi connectivity index (χ0v) is 18.1. The highest BCUT2D eigenvalue weighted by Crippen LogP contribution is 2.18. The average Bonchev–Trinajstić information content (AvgIpc) is 2.84. The fourth-order valence-corrected chi connectivity index (χ4v) is 3.39. The van der Waals surface area contributed by atoms with Gasteiger partial charge >= 0.3 is 23.8 Å². The van der Waals surface area contributed by atoms with E-state index >= 15 is 0 Å². The molecule has 0 aliphatic carbocycles. The van der Waals surface area contributed by atoms with E-state index in [-0.39, 0.29) is 17.8 Å². The number of piperidine rings is 1. The summed E-state index contributed by atoms with van der Waals surface area (Å²) in [5, 5.41) is 7.82. The number of ether oxygens (including phenoxy) is 1. The minimum absolute atomic E-state index is 0.135. The number of halogens is 1. The molecule has 1 aliphatic rings. The molecule has 0 saturated carbocycles. The smallest absolute Gasteiger partial charge is 0.337 e. The maximum atomic E-state index is 13.0. The van der Waals surface area contributed by atoms with E-state index in [4.69, 9.17) is 0 Å². The Bertz CT molecular complexity index is 1000. The first-order valence-corrected chi connectivity index (χ1v) is 10.4. The third-order valence-electron chi connectivity index (χ3n) is 5.32. The summed E-state index contributed by atoms with van der Waals surface area (Å²) < 4.78 is 17.6. The normalized spacial score (nSPS) is 13.7. The third kappa shape index (κ3) is 6.76. The van der Waals surface area contributed by atoms with Crippen molar-refractivity contribution in [3.63, 3.8) is 0 Å². The van der Waals surface area contributed by atoms with Crippen molar-refractivity contribution >= 4 is 35.2 Å². The Balaban J connectivity index is 1.38. The second kappa shape index (κ2) is 11.1. The Morgan fingerprint density at radius 1 is 0.909 bits per heavy atom. The zero-order valence-electron chi connectivity index (χ0n) is 18.1. The van der Waals surface area contributed by atoms with Crippen molar-refractivity contribution in [3.8, 4) is 0 Å². The van der Waals surface area contributed by atoms with E-state index in [1.807, 2.05) is 0 Å². The number of likely N-dealkylation sites (tertiary alicyclic amines) is 1. The van der Waals surface area contributed by atoms with E-state index in [0.29, 0.717) is 49.4 Å². The molecule has 3 rings (SSSR count). The average molecular weight is 456 g/mol. The van der Waals surface area contributed by atoms with Crippen molar-refractivity contribution in [3.05, 3.63) is 59.9 Å². The number of urea groups is 1. The molecule has 1 aliphatic heterocycles. The van der Waals surface area contributed by atoms with Gasteiger partial charge in [0.25, 0.3) is 0 Å². The van der Waals surface area contributed by atoms with E-state index in [1.54, 1.807) is 4.90 Å². The van der Waals surface area contributed by atoms with Gasteiger partial charge in [-0.05, 0) is 67.3 Å². The van der Waals surface area contributed by atoms with Gasteiger partial charge in [0.2, 0.25) is 0 Å². The lowest BCUT2D eigenvalue weighted by Crippen LogP contribution is -2.44. The van der Waals surface area contributed by atoms with Crippen molar-refractivity contribution in [2.24, 2.45) is 5.92 Å². The number of hydrogen-bond donors (Lipinski definition) is 3. The van der Waals surface area contributed by atoms with Crippen molar-refractivity contribution in [1.29, 1.82) is 0 Å². The number of rotatable bonds is 5. The number of amides is 4. The van der Waals surface area contributed by atoms with E-state index < -0.39 is 17.8 Å². The summed E-state index contributed by atoms with van der Waals surface area (Å²) in [5.41, 5.74) is 1.22. The molecule has 1 fully saturated rings. The standard InChI is InChI=1S/C23H25FN4O5/c1-33-22(31)16-2-6-18(7-3-16)26-21(30)20(29)25-14-15-10-12-28(13-11-15)23(32)27-19-8-4-17(24)5-9-19/h2-9,15H,10-14H2,1H3,(H,25,29)(H,26,30)(H,27,32). The van der Waals surface area contributed by atoms with Crippen LogP contribution < -0.4 is 16.0 Å². The lowest BCUT2D eigenvalue weighted by Gasteiger charge is -2.32. The van der Waals surface area contributed by atoms with Crippen LogP contribution in [0.25, 0.3) is 0 Å². The van der Waals surface area contributed by atoms with Crippen LogP contribution in [-0.2, 0) is 14.3 Å². The number of nitrogens with one attached hydrogen (secondary N) is 3. The number of nitrogens with zero attached hydrogens (tertiary/aromatic N) is 1. The van der Waals surface area contributed by atoms with Crippen LogP contribution in [0.4, 0.5) is 20.6 Å². The molecular formula is C23H25FN4O5. The summed E-state index contributed by atoms with van der Waals surface area (Å²) in [6, 6.07) is 11.3. The Morgan fingerprint density at radius 2 is 1.48 bits per heavy atom. The molecule has 0 aromatic heterocycles. The van der Waals surface area contributed by atoms with E-state index in [2.05, 4.69) is 20.7 Å². The van der Waals surface area contributed by atoms with Crippen molar-refractivity contribution in [2.75, 3.05) is 37.4 Å². The predicted molar refractivity (Wildman–Crippen MR) is 119 cm³/mol. The Hall–Kier alpha value is -3.95. The summed E-state index contributed by atoms with van der Waals surface area (Å²) in [6.07, 6.45) is 1.35. The Kier molecular flexibility index (Phi) is 7.96. The summed E-state index contributed by atoms with van der Waals surface area (Å²) in [7, 11) is 1.27. The lowest BCUT2D eigenvalue weighted by atomic mass is 9.97. The highest BCUT2D eigenvalue weighted by molar-refractivity contribution is 6.39. The van der Waals surface area contributed by atoms with E-state index in [0.717, 1.165) is 0 Å². The predicted octanol–water partition coefficient (Wildman–Crippen LogP) is 2.61. The molecule has 3 N–H and O–H groups in total. The molecule has 2 aromatic rings. The second-order valence-corrected chi connectivity index (χ2v) is 7.60. The van der Waals surface area contributed by atoms with Crippen LogP contribution in [0.3, 0.4) is 0 Å². The molecule has 10 heteroatoms. The van der Waals surface area contributed by atoms with Gasteiger partial charge in [0.05, 0.1) is 12.7 Å². The minimum Gasteiger partial charge on any atom is -0.465 e. The molecule has 0 spiro atoms. The number of hydrogen-bond acceptors (Lipinski definition) is 5. The largest absolute Gasteiger partial charge is 0.465 e. The van der Waals surface area contributed by atoms with Crippen LogP contribution in [0, 0.1) is 11.7 Å². The fourth-order valence-electron chi connectivity index (χ4n) is 3.39. The Morgan fingerprint density at radius 3 is 2.09 bits per heavy atom. The summed E-state index contributed by atoms with van der Waals surface area (Å²) in [4.78, 5) is 49.6. The van der Waals surface area contributed by atoms with Gasteiger partial charge in [-0.1, -0.05) is 0 Å². The van der Waals surface area contributed by atoms with Crippen LogP contribution in [0.15, 0.2) is 48.5 Å². The van der Waals surface area contributed by atoms with Crippen LogP contribution in [0.2, 0.25) is 0 Å². The van der Waals surface area contributed by atoms with Crippen molar-refractivity contribution < 1.29 is 28.3 Å². The maximum absolute atomic E-state index is 13.0. The fraction of sp³-hybridized carbons (Fsp3) is 0.304. The van der Waals surface area contributed by atoms with Gasteiger partial charge in [-0.2, -0.15) is 0 Å². The number of carbonyl (C=O) groups is 4. The molecule has 0 atom stereocenters. The maximum Gasteiger partial charge on any atom is 0.337 e. The van der Waals surface area contributed by atoms with Gasteiger partial charge < -0.3 is 25.6 Å². The molecule has 0 radical (unpaired) electrons. The monoisotopic (exact) mass is 456 g/mol. The van der Waals surface area contributed by atoms with Gasteiger partial charge in [0, 0.05) is 31.0 Å². The number of methoxy groups -OCH3 is 1.